The van der Waals surface area contributed by atoms with Gasteiger partial charge in [-0.3, -0.25) is 38.5 Å². The van der Waals surface area contributed by atoms with E-state index in [1.54, 1.807) is 58.9 Å². The van der Waals surface area contributed by atoms with E-state index in [0.717, 1.165) is 22.6 Å². The van der Waals surface area contributed by atoms with E-state index in [1.807, 2.05) is 0 Å². The van der Waals surface area contributed by atoms with E-state index in [9.17, 15) is 33.6 Å². The molecule has 4 amide bonds. The molecule has 0 unspecified atom stereocenters. The number of primary amides is 1. The lowest BCUT2D eigenvalue weighted by Gasteiger charge is -2.26. The number of nitrogens with zero attached hydrogens (tertiary/aromatic N) is 4. The number of hydrogen-bond donors (Lipinski definition) is 2. The molecule has 76 heavy (non-hydrogen) atoms. The number of carbonyl (C=O) groups is 7. The number of hydrogen-bond acceptors (Lipinski definition) is 22. The van der Waals surface area contributed by atoms with Gasteiger partial charge in [0.15, 0.2) is 60.1 Å². The number of aromatic nitrogens is 3. The third-order valence-electron chi connectivity index (χ3n) is 10.9. The molecule has 0 aliphatic carbocycles. The predicted octanol–water partition coefficient (Wildman–Crippen LogP) is 2.70. The Bertz CT molecular complexity index is 2060. The average molecular weight is 1080 g/mol. The van der Waals surface area contributed by atoms with Crippen molar-refractivity contribution in [2.24, 2.45) is 23.0 Å². The predicted molar refractivity (Wildman–Crippen MR) is 263 cm³/mol. The first kappa shape index (κ1) is 64.8. The molecule has 2 heterocycles. The van der Waals surface area contributed by atoms with Crippen LogP contribution in [0.25, 0.3) is 0 Å². The van der Waals surface area contributed by atoms with Crippen molar-refractivity contribution in [3.63, 3.8) is 0 Å². The van der Waals surface area contributed by atoms with E-state index < -0.39 is 52.8 Å². The monoisotopic (exact) mass is 1080 g/mol. The Morgan fingerprint density at radius 2 is 1.21 bits per heavy atom. The molecule has 426 valence electrons. The highest BCUT2D eigenvalue weighted by Gasteiger charge is 2.37. The number of methoxy groups -OCH3 is 1. The molecule has 3 atom stereocenters. The van der Waals surface area contributed by atoms with Crippen LogP contribution < -0.4 is 11.1 Å². The van der Waals surface area contributed by atoms with Crippen molar-refractivity contribution >= 4 is 41.2 Å². The number of Topliss-reactive ketones (excluding diaryl/α,β-unsaturated/α-hetero) is 2. The maximum atomic E-state index is 14.0. The highest BCUT2D eigenvalue weighted by atomic mass is 16.8. The third kappa shape index (κ3) is 27.0. The second-order valence-corrected chi connectivity index (χ2v) is 18.5. The summed E-state index contributed by atoms with van der Waals surface area (Å²) in [5, 5.41) is 11.2. The smallest absolute Gasteiger partial charge is 0.311 e. The highest BCUT2D eigenvalue weighted by Crippen LogP contribution is 2.29. The summed E-state index contributed by atoms with van der Waals surface area (Å²) in [4.78, 5) is 92.1. The molecule has 0 spiro atoms. The molecular formula is C50H76N6O20. The van der Waals surface area contributed by atoms with Gasteiger partial charge in [0, 0.05) is 50.9 Å². The van der Waals surface area contributed by atoms with E-state index in [2.05, 4.69) is 15.6 Å². The van der Waals surface area contributed by atoms with Gasteiger partial charge in [0.1, 0.15) is 31.7 Å². The molecule has 0 saturated carbocycles. The number of ketones is 2. The van der Waals surface area contributed by atoms with E-state index in [4.69, 9.17) is 67.3 Å². The van der Waals surface area contributed by atoms with Crippen molar-refractivity contribution < 1.29 is 95.1 Å². The van der Waals surface area contributed by atoms with E-state index in [-0.39, 0.29) is 156 Å². The van der Waals surface area contributed by atoms with Crippen molar-refractivity contribution in [1.29, 1.82) is 0 Å². The van der Waals surface area contributed by atoms with E-state index in [0.29, 0.717) is 18.4 Å². The molecule has 1 aromatic carbocycles. The average Bonchev–Trinajstić information content (AvgIpc) is 3.99. The first-order chi connectivity index (χ1) is 36.5. The number of imide groups is 1. The molecule has 3 N–H and O–H groups in total. The van der Waals surface area contributed by atoms with Crippen LogP contribution in [0.15, 0.2) is 42.6 Å². The first-order valence-electron chi connectivity index (χ1n) is 24.7. The maximum Gasteiger partial charge on any atom is 0.311 e. The second kappa shape index (κ2) is 37.3. The fourth-order valence-corrected chi connectivity index (χ4v) is 6.84. The minimum absolute atomic E-state index is 0.0161. The Balaban J connectivity index is 1.41. The molecule has 0 radical (unpaired) electrons. The Kier molecular flexibility index (Phi) is 31.8. The molecule has 0 fully saturated rings. The number of rotatable bonds is 45. The molecule has 1 aliphatic rings. The van der Waals surface area contributed by atoms with Crippen LogP contribution in [0, 0.1) is 17.3 Å². The summed E-state index contributed by atoms with van der Waals surface area (Å²) >= 11 is 0. The van der Waals surface area contributed by atoms with Crippen LogP contribution in [-0.4, -0.2) is 162 Å². The quantitative estimate of drug-likeness (QED) is 0.0417. The Morgan fingerprint density at radius 1 is 0.684 bits per heavy atom. The van der Waals surface area contributed by atoms with Crippen molar-refractivity contribution in [1.82, 2.24) is 25.2 Å². The van der Waals surface area contributed by atoms with E-state index >= 15 is 0 Å². The van der Waals surface area contributed by atoms with Gasteiger partial charge in [0.2, 0.25) is 11.8 Å². The Hall–Kier alpha value is -5.49. The number of ether oxygens (including phenoxy) is 13. The van der Waals surface area contributed by atoms with Crippen LogP contribution in [0.1, 0.15) is 96.0 Å². The van der Waals surface area contributed by atoms with Crippen LogP contribution in [-0.2, 0) is 115 Å². The molecule has 0 bridgehead atoms. The summed E-state index contributed by atoms with van der Waals surface area (Å²) in [6.45, 7) is 9.33. The summed E-state index contributed by atoms with van der Waals surface area (Å²) in [5.74, 6) is -4.58. The van der Waals surface area contributed by atoms with Crippen molar-refractivity contribution in [3.8, 4) is 0 Å². The van der Waals surface area contributed by atoms with Crippen LogP contribution in [0.5, 0.6) is 0 Å². The van der Waals surface area contributed by atoms with Gasteiger partial charge < -0.3 is 72.6 Å². The molecule has 26 heteroatoms. The second-order valence-electron chi connectivity index (χ2n) is 18.5. The van der Waals surface area contributed by atoms with Gasteiger partial charge in [-0.1, -0.05) is 49.7 Å². The van der Waals surface area contributed by atoms with Gasteiger partial charge >= 0.3 is 5.97 Å². The van der Waals surface area contributed by atoms with Crippen LogP contribution in [0.3, 0.4) is 0 Å². The SMILES string of the molecule is COCOCOCOCOCOCOCOCOCOCOCCOCCn1cc([C@@H](CC(=O)C[C@H](C(=O)N[C@@H](CCCCC(N)=O)C(=O)Cc2ccc(COC(=O)C(C)(C)C)cc2)C(C)C)N2C(=O)C=CC2=O)nn1. The lowest BCUT2D eigenvalue weighted by molar-refractivity contribution is -0.231. The van der Waals surface area contributed by atoms with Gasteiger partial charge in [-0.2, -0.15) is 0 Å². The van der Waals surface area contributed by atoms with Crippen molar-refractivity contribution in [3.05, 3.63) is 59.4 Å². The summed E-state index contributed by atoms with van der Waals surface area (Å²) in [6.07, 6.45) is 4.23. The number of carbonyl (C=O) groups excluding carboxylic acids is 7. The minimum atomic E-state index is -1.13. The Labute approximate surface area is 442 Å². The summed E-state index contributed by atoms with van der Waals surface area (Å²) in [5.41, 5.74) is 6.27. The summed E-state index contributed by atoms with van der Waals surface area (Å²) in [7, 11) is 1.50. The van der Waals surface area contributed by atoms with Crippen molar-refractivity contribution in [2.75, 3.05) is 94.9 Å². The number of nitrogens with two attached hydrogens (primary N) is 1. The lowest BCUT2D eigenvalue weighted by atomic mass is 9.87. The maximum absolute atomic E-state index is 14.0. The van der Waals surface area contributed by atoms with Crippen molar-refractivity contribution in [2.45, 2.75) is 105 Å². The van der Waals surface area contributed by atoms with Gasteiger partial charge in [-0.15, -0.1) is 5.10 Å². The molecule has 1 aliphatic heterocycles. The van der Waals surface area contributed by atoms with Gasteiger partial charge in [0.05, 0.1) is 50.1 Å². The highest BCUT2D eigenvalue weighted by molar-refractivity contribution is 6.13. The number of nitrogens with one attached hydrogen (secondary N) is 1. The fraction of sp³-hybridized carbons (Fsp3) is 0.660. The molecule has 3 rings (SSSR count). The normalized spacial score (nSPS) is 13.9. The number of benzene rings is 1. The standard InChI is InChI=1S/C50H76N6O20/c1-36(2)40(48(62)52-41(9-7-8-10-45(51)59)44(58)21-37-11-13-38(14-12-37)25-76-49(63)50(3,4)5)22-39(57)23-43(56-46(60)15-16-47(56)61)42-24-55(54-53-42)17-18-65-19-20-66-27-68-29-70-31-72-33-74-35-75-34-73-32-71-30-69-28-67-26-64-6/h11-16,24,36,40-41,43H,7-10,17-23,25-35H2,1-6H3,(H2,51,59)(H,52,62)/t40-,41-,43+/m0/s1. The molecule has 2 aromatic rings. The zero-order chi connectivity index (χ0) is 55.6. The largest absolute Gasteiger partial charge is 0.460 e. The molecule has 26 nitrogen and oxygen atoms in total. The summed E-state index contributed by atoms with van der Waals surface area (Å²) < 4.78 is 68.3. The fourth-order valence-electron chi connectivity index (χ4n) is 6.84. The topological polar surface area (TPSA) is 311 Å². The zero-order valence-corrected chi connectivity index (χ0v) is 44.4. The number of amides is 4. The Morgan fingerprint density at radius 3 is 1.74 bits per heavy atom. The number of esters is 1. The molecule has 0 saturated heterocycles. The van der Waals surface area contributed by atoms with Gasteiger partial charge in [-0.05, 0) is 50.7 Å². The third-order valence-corrected chi connectivity index (χ3v) is 10.9. The lowest BCUT2D eigenvalue weighted by Crippen LogP contribution is -2.46. The zero-order valence-electron chi connectivity index (χ0n) is 44.4. The van der Waals surface area contributed by atoms with Crippen LogP contribution in [0.2, 0.25) is 0 Å². The van der Waals surface area contributed by atoms with E-state index in [1.165, 1.54) is 18.0 Å². The summed E-state index contributed by atoms with van der Waals surface area (Å²) in [6, 6.07) is 4.95. The number of unbranched alkanes of at least 4 members (excludes halogenated alkanes) is 1. The first-order valence-corrected chi connectivity index (χ1v) is 24.7. The van der Waals surface area contributed by atoms with Crippen LogP contribution >= 0.6 is 0 Å². The molecule has 1 aromatic heterocycles. The van der Waals surface area contributed by atoms with Gasteiger partial charge in [0.25, 0.3) is 11.8 Å². The van der Waals surface area contributed by atoms with Gasteiger partial charge in [-0.25, -0.2) is 4.68 Å². The minimum Gasteiger partial charge on any atom is -0.460 e. The van der Waals surface area contributed by atoms with Crippen LogP contribution in [0.4, 0.5) is 0 Å². The molecular weight excluding hydrogens is 1000 g/mol.